The first-order chi connectivity index (χ1) is 5.90. The number of rotatable bonds is 5. The Morgan fingerprint density at radius 3 is 2.54 bits per heavy atom. The zero-order chi connectivity index (χ0) is 10.5. The molecule has 0 fully saturated rings. The van der Waals surface area contributed by atoms with Gasteiger partial charge in [-0.2, -0.15) is 5.26 Å². The fraction of sp³-hybridized carbons (Fsp3) is 0.778. The second kappa shape index (κ2) is 4.83. The van der Waals surface area contributed by atoms with Crippen molar-refractivity contribution in [3.05, 3.63) is 0 Å². The van der Waals surface area contributed by atoms with Gasteiger partial charge in [0.25, 0.3) is 0 Å². The van der Waals surface area contributed by atoms with Crippen LogP contribution in [0.5, 0.6) is 0 Å². The Morgan fingerprint density at radius 2 is 2.15 bits per heavy atom. The first kappa shape index (κ1) is 11.9. The SMILES string of the molecule is CN(CCC#N)CC(C)(C)C(=O)O. The number of aliphatic carboxylic acids is 1. The van der Waals surface area contributed by atoms with E-state index in [1.807, 2.05) is 18.0 Å². The van der Waals surface area contributed by atoms with Crippen LogP contribution in [0.3, 0.4) is 0 Å². The first-order valence-electron chi connectivity index (χ1n) is 4.19. The van der Waals surface area contributed by atoms with Gasteiger partial charge in [-0.15, -0.1) is 0 Å². The van der Waals surface area contributed by atoms with Gasteiger partial charge in [0.2, 0.25) is 0 Å². The van der Waals surface area contributed by atoms with E-state index in [4.69, 9.17) is 10.4 Å². The molecule has 0 aliphatic rings. The topological polar surface area (TPSA) is 64.3 Å². The van der Waals surface area contributed by atoms with Crippen LogP contribution in [0.4, 0.5) is 0 Å². The molecule has 0 rings (SSSR count). The number of carboxylic acid groups (broad SMARTS) is 1. The van der Waals surface area contributed by atoms with Crippen molar-refractivity contribution in [2.75, 3.05) is 20.1 Å². The van der Waals surface area contributed by atoms with Crippen LogP contribution in [0.2, 0.25) is 0 Å². The van der Waals surface area contributed by atoms with Crippen molar-refractivity contribution in [1.82, 2.24) is 4.90 Å². The maximum absolute atomic E-state index is 10.7. The highest BCUT2D eigenvalue weighted by atomic mass is 16.4. The normalized spacial score (nSPS) is 11.3. The molecule has 0 bridgehead atoms. The van der Waals surface area contributed by atoms with Crippen LogP contribution in [0.15, 0.2) is 0 Å². The van der Waals surface area contributed by atoms with Crippen LogP contribution in [0.25, 0.3) is 0 Å². The molecule has 0 saturated heterocycles. The van der Waals surface area contributed by atoms with Crippen LogP contribution in [0, 0.1) is 16.7 Å². The van der Waals surface area contributed by atoms with E-state index < -0.39 is 11.4 Å². The number of hydrogen-bond acceptors (Lipinski definition) is 3. The first-order valence-corrected chi connectivity index (χ1v) is 4.19. The molecule has 1 N–H and O–H groups in total. The summed E-state index contributed by atoms with van der Waals surface area (Å²) in [5, 5.41) is 17.2. The highest BCUT2D eigenvalue weighted by molar-refractivity contribution is 5.73. The minimum absolute atomic E-state index is 0.437. The lowest BCUT2D eigenvalue weighted by molar-refractivity contribution is -0.147. The van der Waals surface area contributed by atoms with Gasteiger partial charge in [0, 0.05) is 19.5 Å². The second-order valence-electron chi connectivity index (χ2n) is 3.83. The highest BCUT2D eigenvalue weighted by Gasteiger charge is 2.28. The summed E-state index contributed by atoms with van der Waals surface area (Å²) in [7, 11) is 1.82. The minimum Gasteiger partial charge on any atom is -0.481 e. The fourth-order valence-electron chi connectivity index (χ4n) is 1.06. The molecule has 0 aliphatic heterocycles. The molecule has 0 aromatic rings. The summed E-state index contributed by atoms with van der Waals surface area (Å²) in [4.78, 5) is 12.6. The van der Waals surface area contributed by atoms with Gasteiger partial charge >= 0.3 is 5.97 Å². The van der Waals surface area contributed by atoms with Crippen molar-refractivity contribution >= 4 is 5.97 Å². The Kier molecular flexibility index (Phi) is 4.43. The Hall–Kier alpha value is -1.08. The summed E-state index contributed by atoms with van der Waals surface area (Å²) in [6.45, 7) is 4.44. The third-order valence-corrected chi connectivity index (χ3v) is 1.85. The molecule has 4 heteroatoms. The number of nitriles is 1. The summed E-state index contributed by atoms with van der Waals surface area (Å²) in [6.07, 6.45) is 0.437. The zero-order valence-electron chi connectivity index (χ0n) is 8.37. The van der Waals surface area contributed by atoms with Gasteiger partial charge in [-0.3, -0.25) is 4.79 Å². The van der Waals surface area contributed by atoms with Gasteiger partial charge < -0.3 is 10.0 Å². The molecule has 0 heterocycles. The van der Waals surface area contributed by atoms with Crippen molar-refractivity contribution in [3.8, 4) is 6.07 Å². The molecule has 0 aliphatic carbocycles. The van der Waals surface area contributed by atoms with Crippen molar-refractivity contribution in [2.24, 2.45) is 5.41 Å². The number of hydrogen-bond donors (Lipinski definition) is 1. The molecule has 13 heavy (non-hydrogen) atoms. The van der Waals surface area contributed by atoms with Crippen LogP contribution < -0.4 is 0 Å². The maximum atomic E-state index is 10.7. The molecule has 0 amide bonds. The Bertz CT molecular complexity index is 218. The molecule has 0 radical (unpaired) electrons. The molecule has 4 nitrogen and oxygen atoms in total. The fourth-order valence-corrected chi connectivity index (χ4v) is 1.06. The van der Waals surface area contributed by atoms with E-state index in [9.17, 15) is 4.79 Å². The second-order valence-corrected chi connectivity index (χ2v) is 3.83. The van der Waals surface area contributed by atoms with Gasteiger partial charge in [-0.25, -0.2) is 0 Å². The largest absolute Gasteiger partial charge is 0.481 e. The van der Waals surface area contributed by atoms with Crippen molar-refractivity contribution in [2.45, 2.75) is 20.3 Å². The summed E-state index contributed by atoms with van der Waals surface area (Å²) in [5.74, 6) is -0.809. The van der Waals surface area contributed by atoms with E-state index in [0.717, 1.165) is 0 Å². The summed E-state index contributed by atoms with van der Waals surface area (Å²) in [6, 6.07) is 2.02. The van der Waals surface area contributed by atoms with E-state index in [1.165, 1.54) is 0 Å². The monoisotopic (exact) mass is 184 g/mol. The van der Waals surface area contributed by atoms with Gasteiger partial charge in [0.1, 0.15) is 0 Å². The maximum Gasteiger partial charge on any atom is 0.310 e. The lowest BCUT2D eigenvalue weighted by atomic mass is 9.93. The Morgan fingerprint density at radius 1 is 1.62 bits per heavy atom. The van der Waals surface area contributed by atoms with E-state index in [2.05, 4.69) is 0 Å². The van der Waals surface area contributed by atoms with Crippen molar-refractivity contribution in [3.63, 3.8) is 0 Å². The lowest BCUT2D eigenvalue weighted by Crippen LogP contribution is -2.37. The molecule has 0 saturated carbocycles. The average molecular weight is 184 g/mol. The third-order valence-electron chi connectivity index (χ3n) is 1.85. The van der Waals surface area contributed by atoms with Crippen LogP contribution in [-0.4, -0.2) is 36.1 Å². The molecular formula is C9H16N2O2. The van der Waals surface area contributed by atoms with Gasteiger partial charge in [0.05, 0.1) is 11.5 Å². The smallest absolute Gasteiger partial charge is 0.310 e. The van der Waals surface area contributed by atoms with E-state index in [0.29, 0.717) is 19.5 Å². The van der Waals surface area contributed by atoms with E-state index in [1.54, 1.807) is 13.8 Å². The highest BCUT2D eigenvalue weighted by Crippen LogP contribution is 2.16. The predicted octanol–water partition coefficient (Wildman–Crippen LogP) is 0.943. The Balaban J connectivity index is 3.98. The van der Waals surface area contributed by atoms with Crippen LogP contribution >= 0.6 is 0 Å². The third kappa shape index (κ3) is 4.48. The molecule has 0 unspecified atom stereocenters. The number of nitrogens with zero attached hydrogens (tertiary/aromatic N) is 2. The molecule has 0 spiro atoms. The van der Waals surface area contributed by atoms with Crippen molar-refractivity contribution in [1.29, 1.82) is 5.26 Å². The average Bonchev–Trinajstić information content (AvgIpc) is 1.99. The summed E-state index contributed by atoms with van der Waals surface area (Å²) in [5.41, 5.74) is -0.746. The molecular weight excluding hydrogens is 168 g/mol. The quantitative estimate of drug-likeness (QED) is 0.690. The molecule has 0 aromatic heterocycles. The predicted molar refractivity (Wildman–Crippen MR) is 49.1 cm³/mol. The van der Waals surface area contributed by atoms with E-state index >= 15 is 0 Å². The van der Waals surface area contributed by atoms with Crippen LogP contribution in [0.1, 0.15) is 20.3 Å². The Labute approximate surface area is 78.8 Å². The molecule has 0 atom stereocenters. The summed E-state index contributed by atoms with van der Waals surface area (Å²) >= 11 is 0. The summed E-state index contributed by atoms with van der Waals surface area (Å²) < 4.78 is 0. The van der Waals surface area contributed by atoms with Gasteiger partial charge in [-0.1, -0.05) is 0 Å². The van der Waals surface area contributed by atoms with E-state index in [-0.39, 0.29) is 0 Å². The van der Waals surface area contributed by atoms with Gasteiger partial charge in [-0.05, 0) is 20.9 Å². The number of carboxylic acids is 1. The lowest BCUT2D eigenvalue weighted by Gasteiger charge is -2.25. The van der Waals surface area contributed by atoms with Crippen molar-refractivity contribution < 1.29 is 9.90 Å². The van der Waals surface area contributed by atoms with Crippen LogP contribution in [-0.2, 0) is 4.79 Å². The molecule has 74 valence electrons. The molecule has 0 aromatic carbocycles. The minimum atomic E-state index is -0.809. The zero-order valence-corrected chi connectivity index (χ0v) is 8.37. The number of carbonyl (C=O) groups is 1. The van der Waals surface area contributed by atoms with Gasteiger partial charge in [0.15, 0.2) is 0 Å². The standard InChI is InChI=1S/C9H16N2O2/c1-9(2,8(12)13)7-11(3)6-4-5-10/h4,6-7H2,1-3H3,(H,12,13).